The fourth-order valence-electron chi connectivity index (χ4n) is 1.75. The van der Waals surface area contributed by atoms with Crippen molar-refractivity contribution < 1.29 is 5.11 Å². The Balaban J connectivity index is 2.55. The van der Waals surface area contributed by atoms with Crippen LogP contribution in [0.5, 0.6) is 0 Å². The molecule has 3 rings (SSSR count). The monoisotopic (exact) mass is 248 g/mol. The number of rotatable bonds is 1. The van der Waals surface area contributed by atoms with Crippen molar-refractivity contribution in [2.24, 2.45) is 0 Å². The van der Waals surface area contributed by atoms with Crippen molar-refractivity contribution in [1.82, 2.24) is 9.78 Å². The average Bonchev–Trinajstić information content (AvgIpc) is 2.69. The fourth-order valence-corrected chi connectivity index (χ4v) is 3.21. The first kappa shape index (κ1) is 9.89. The number of benzene rings is 1. The highest BCUT2D eigenvalue weighted by atomic mass is 32.1. The molecule has 16 heavy (non-hydrogen) atoms. The molecular formula is C11H8N2OS2. The molecule has 80 valence electrons. The first-order valence-electron chi connectivity index (χ1n) is 4.79. The number of fused-ring (bicyclic) bond motifs is 3. The molecular weight excluding hydrogens is 240 g/mol. The highest BCUT2D eigenvalue weighted by molar-refractivity contribution is 7.71. The largest absolute Gasteiger partial charge is 0.374 e. The van der Waals surface area contributed by atoms with Crippen LogP contribution in [0.2, 0.25) is 0 Å². The van der Waals surface area contributed by atoms with E-state index in [1.165, 1.54) is 14.8 Å². The number of aliphatic hydroxyl groups is 1. The minimum Gasteiger partial charge on any atom is -0.374 e. The SMILES string of the molecule is OCn1ncc2c(sc3ccccc32)c1=S. The molecule has 0 fully saturated rings. The average molecular weight is 248 g/mol. The molecule has 0 saturated carbocycles. The van der Waals surface area contributed by atoms with E-state index in [1.807, 2.05) is 12.1 Å². The Bertz CT molecular complexity index is 730. The van der Waals surface area contributed by atoms with Crippen molar-refractivity contribution >= 4 is 43.7 Å². The van der Waals surface area contributed by atoms with Crippen molar-refractivity contribution in [3.8, 4) is 0 Å². The predicted molar refractivity (Wildman–Crippen MR) is 68.2 cm³/mol. The minimum atomic E-state index is -0.178. The van der Waals surface area contributed by atoms with E-state index in [0.29, 0.717) is 4.64 Å². The molecule has 0 saturated heterocycles. The Morgan fingerprint density at radius 2 is 2.12 bits per heavy atom. The lowest BCUT2D eigenvalue weighted by Crippen LogP contribution is -2.03. The Labute approximate surface area is 101 Å². The molecule has 0 spiro atoms. The van der Waals surface area contributed by atoms with Crippen molar-refractivity contribution in [3.05, 3.63) is 35.1 Å². The van der Waals surface area contributed by atoms with E-state index >= 15 is 0 Å². The van der Waals surface area contributed by atoms with Gasteiger partial charge in [0.2, 0.25) is 0 Å². The molecule has 0 unspecified atom stereocenters. The molecule has 0 aliphatic rings. The van der Waals surface area contributed by atoms with Crippen LogP contribution < -0.4 is 0 Å². The maximum atomic E-state index is 9.09. The Kier molecular flexibility index (Phi) is 2.24. The van der Waals surface area contributed by atoms with Crippen LogP contribution in [0.1, 0.15) is 0 Å². The van der Waals surface area contributed by atoms with Crippen molar-refractivity contribution in [3.63, 3.8) is 0 Å². The van der Waals surface area contributed by atoms with Crippen molar-refractivity contribution in [1.29, 1.82) is 0 Å². The summed E-state index contributed by atoms with van der Waals surface area (Å²) < 4.78 is 4.23. The molecule has 1 aromatic carbocycles. The maximum absolute atomic E-state index is 9.09. The van der Waals surface area contributed by atoms with Gasteiger partial charge in [-0.05, 0) is 6.07 Å². The third-order valence-electron chi connectivity index (χ3n) is 2.52. The molecule has 0 aliphatic carbocycles. The zero-order valence-electron chi connectivity index (χ0n) is 8.25. The van der Waals surface area contributed by atoms with Crippen molar-refractivity contribution in [2.45, 2.75) is 6.73 Å². The van der Waals surface area contributed by atoms with Gasteiger partial charge < -0.3 is 5.11 Å². The van der Waals surface area contributed by atoms with Gasteiger partial charge in [-0.2, -0.15) is 5.10 Å². The van der Waals surface area contributed by atoms with Crippen LogP contribution in [0.3, 0.4) is 0 Å². The lowest BCUT2D eigenvalue weighted by atomic mass is 10.2. The molecule has 3 nitrogen and oxygen atoms in total. The lowest BCUT2D eigenvalue weighted by Gasteiger charge is -2.00. The highest BCUT2D eigenvalue weighted by Crippen LogP contribution is 2.33. The number of aliphatic hydroxyl groups excluding tert-OH is 1. The van der Waals surface area contributed by atoms with Gasteiger partial charge >= 0.3 is 0 Å². The van der Waals surface area contributed by atoms with Crippen LogP contribution >= 0.6 is 23.6 Å². The number of aromatic nitrogens is 2. The molecule has 0 amide bonds. The Hall–Kier alpha value is -1.30. The smallest absolute Gasteiger partial charge is 0.143 e. The van der Waals surface area contributed by atoms with Crippen LogP contribution in [-0.4, -0.2) is 14.9 Å². The minimum absolute atomic E-state index is 0.178. The quantitative estimate of drug-likeness (QED) is 0.673. The molecule has 3 aromatic rings. The standard InChI is InChI=1S/C11H8N2OS2/c14-6-13-11(15)10-8(5-12-13)7-3-1-2-4-9(7)16-10/h1-5,14H,6H2. The third kappa shape index (κ3) is 1.29. The van der Waals surface area contributed by atoms with E-state index in [9.17, 15) is 0 Å². The summed E-state index contributed by atoms with van der Waals surface area (Å²) in [5.74, 6) is 0. The number of hydrogen-bond acceptors (Lipinski definition) is 4. The van der Waals surface area contributed by atoms with Gasteiger partial charge in [-0.1, -0.05) is 30.4 Å². The normalized spacial score (nSPS) is 11.3. The van der Waals surface area contributed by atoms with Gasteiger partial charge in [0.05, 0.1) is 10.9 Å². The molecule has 2 aromatic heterocycles. The van der Waals surface area contributed by atoms with Gasteiger partial charge in [0.15, 0.2) is 0 Å². The molecule has 0 bridgehead atoms. The summed E-state index contributed by atoms with van der Waals surface area (Å²) in [5.41, 5.74) is 0. The van der Waals surface area contributed by atoms with Gasteiger partial charge in [-0.3, -0.25) is 0 Å². The second kappa shape index (κ2) is 3.62. The number of nitrogens with zero attached hydrogens (tertiary/aromatic N) is 2. The summed E-state index contributed by atoms with van der Waals surface area (Å²) in [6.07, 6.45) is 1.76. The fraction of sp³-hybridized carbons (Fsp3) is 0.0909. The third-order valence-corrected chi connectivity index (χ3v) is 4.26. The Morgan fingerprint density at radius 3 is 2.94 bits per heavy atom. The summed E-state index contributed by atoms with van der Waals surface area (Å²) in [7, 11) is 0. The summed E-state index contributed by atoms with van der Waals surface area (Å²) in [6, 6.07) is 8.14. The highest BCUT2D eigenvalue weighted by Gasteiger charge is 2.07. The lowest BCUT2D eigenvalue weighted by molar-refractivity contribution is 0.192. The molecule has 0 radical (unpaired) electrons. The van der Waals surface area contributed by atoms with Gasteiger partial charge in [-0.15, -0.1) is 11.3 Å². The molecule has 5 heteroatoms. The first-order chi connectivity index (χ1) is 7.81. The van der Waals surface area contributed by atoms with Gasteiger partial charge in [0.1, 0.15) is 11.4 Å². The zero-order chi connectivity index (χ0) is 11.1. The molecule has 2 heterocycles. The Morgan fingerprint density at radius 1 is 1.31 bits per heavy atom. The van der Waals surface area contributed by atoms with Crippen LogP contribution in [0.4, 0.5) is 0 Å². The van der Waals surface area contributed by atoms with E-state index in [4.69, 9.17) is 17.3 Å². The summed E-state index contributed by atoms with van der Waals surface area (Å²) >= 11 is 6.93. The summed E-state index contributed by atoms with van der Waals surface area (Å²) in [6.45, 7) is -0.178. The van der Waals surface area contributed by atoms with Gasteiger partial charge in [-0.25, -0.2) is 4.68 Å². The summed E-state index contributed by atoms with van der Waals surface area (Å²) in [4.78, 5) is 0. The van der Waals surface area contributed by atoms with Crippen LogP contribution in [0.15, 0.2) is 30.5 Å². The second-order valence-corrected chi connectivity index (χ2v) is 4.87. The van der Waals surface area contributed by atoms with E-state index in [0.717, 1.165) is 10.1 Å². The molecule has 0 atom stereocenters. The first-order valence-corrected chi connectivity index (χ1v) is 6.02. The predicted octanol–water partition coefficient (Wildman–Crippen LogP) is 2.93. The van der Waals surface area contributed by atoms with E-state index in [-0.39, 0.29) is 6.73 Å². The van der Waals surface area contributed by atoms with E-state index in [1.54, 1.807) is 17.5 Å². The summed E-state index contributed by atoms with van der Waals surface area (Å²) in [5, 5.41) is 15.4. The van der Waals surface area contributed by atoms with Crippen molar-refractivity contribution in [2.75, 3.05) is 0 Å². The van der Waals surface area contributed by atoms with E-state index in [2.05, 4.69) is 17.2 Å². The van der Waals surface area contributed by atoms with Crippen LogP contribution in [-0.2, 0) is 6.73 Å². The molecule has 1 N–H and O–H groups in total. The van der Waals surface area contributed by atoms with E-state index < -0.39 is 0 Å². The molecule has 0 aliphatic heterocycles. The second-order valence-electron chi connectivity index (χ2n) is 3.43. The number of hydrogen-bond donors (Lipinski definition) is 1. The zero-order valence-corrected chi connectivity index (χ0v) is 9.88. The maximum Gasteiger partial charge on any atom is 0.143 e. The van der Waals surface area contributed by atoms with Gasteiger partial charge in [0.25, 0.3) is 0 Å². The number of thiophene rings is 1. The topological polar surface area (TPSA) is 38.0 Å². The van der Waals surface area contributed by atoms with Crippen LogP contribution in [0.25, 0.3) is 20.2 Å². The van der Waals surface area contributed by atoms with Gasteiger partial charge in [0, 0.05) is 15.5 Å². The van der Waals surface area contributed by atoms with Crippen LogP contribution in [0, 0.1) is 4.64 Å².